The maximum atomic E-state index is 5.67. The van der Waals surface area contributed by atoms with Gasteiger partial charge in [-0.1, -0.05) is 0 Å². The highest BCUT2D eigenvalue weighted by atomic mass is 16.5. The molecule has 1 heterocycles. The second-order valence-electron chi connectivity index (χ2n) is 4.96. The molecule has 0 aromatic heterocycles. The Balaban J connectivity index is 1.94. The van der Waals surface area contributed by atoms with E-state index in [4.69, 9.17) is 4.74 Å². The van der Waals surface area contributed by atoms with E-state index >= 15 is 0 Å². The number of nitrogens with one attached hydrogen (secondary N) is 1. The van der Waals surface area contributed by atoms with Crippen LogP contribution in [0.5, 0.6) is 0 Å². The third-order valence-electron chi connectivity index (χ3n) is 2.45. The molecule has 0 aliphatic carbocycles. The zero-order valence-electron chi connectivity index (χ0n) is 9.23. The molecule has 0 radical (unpaired) electrons. The van der Waals surface area contributed by atoms with Gasteiger partial charge in [0.1, 0.15) is 0 Å². The molecule has 1 rings (SSSR count). The van der Waals surface area contributed by atoms with Crippen molar-refractivity contribution in [2.75, 3.05) is 19.7 Å². The van der Waals surface area contributed by atoms with Crippen LogP contribution in [0.2, 0.25) is 0 Å². The summed E-state index contributed by atoms with van der Waals surface area (Å²) in [5.74, 6) is 0.906. The van der Waals surface area contributed by atoms with Crippen LogP contribution in [0.4, 0.5) is 0 Å². The fraction of sp³-hybridized carbons (Fsp3) is 1.00. The lowest BCUT2D eigenvalue weighted by Crippen LogP contribution is -2.20. The molecule has 2 heteroatoms. The molecule has 0 bridgehead atoms. The molecule has 1 N–H and O–H groups in total. The number of ether oxygens (including phenoxy) is 1. The van der Waals surface area contributed by atoms with E-state index in [9.17, 15) is 0 Å². The van der Waals surface area contributed by atoms with Gasteiger partial charge in [-0.3, -0.25) is 0 Å². The lowest BCUT2D eigenvalue weighted by molar-refractivity contribution is -0.00568. The van der Waals surface area contributed by atoms with E-state index < -0.39 is 0 Å². The van der Waals surface area contributed by atoms with Gasteiger partial charge in [-0.15, -0.1) is 0 Å². The van der Waals surface area contributed by atoms with Gasteiger partial charge in [-0.05, 0) is 59.0 Å². The van der Waals surface area contributed by atoms with Crippen LogP contribution in [0.3, 0.4) is 0 Å². The number of hydrogen-bond acceptors (Lipinski definition) is 2. The monoisotopic (exact) mass is 185 g/mol. The molecule has 1 aliphatic rings. The zero-order valence-corrected chi connectivity index (χ0v) is 9.23. The van der Waals surface area contributed by atoms with Gasteiger partial charge >= 0.3 is 0 Å². The van der Waals surface area contributed by atoms with E-state index in [-0.39, 0.29) is 5.60 Å². The summed E-state index contributed by atoms with van der Waals surface area (Å²) >= 11 is 0. The fourth-order valence-electron chi connectivity index (χ4n) is 1.71. The van der Waals surface area contributed by atoms with Crippen LogP contribution in [-0.2, 0) is 4.74 Å². The van der Waals surface area contributed by atoms with E-state index in [2.05, 4.69) is 26.1 Å². The maximum Gasteiger partial charge on any atom is 0.0598 e. The second-order valence-corrected chi connectivity index (χ2v) is 4.96. The Morgan fingerprint density at radius 3 is 2.69 bits per heavy atom. The molecule has 1 unspecified atom stereocenters. The Bertz CT molecular complexity index is 134. The van der Waals surface area contributed by atoms with Crippen LogP contribution in [0.15, 0.2) is 0 Å². The molecule has 2 nitrogen and oxygen atoms in total. The SMILES string of the molecule is CC(C)(C)OCCCC1CCNC1. The third kappa shape index (κ3) is 5.27. The van der Waals surface area contributed by atoms with Gasteiger partial charge in [0, 0.05) is 6.61 Å². The minimum absolute atomic E-state index is 0.0356. The van der Waals surface area contributed by atoms with Crippen LogP contribution in [0.1, 0.15) is 40.0 Å². The predicted molar refractivity (Wildman–Crippen MR) is 55.9 cm³/mol. The van der Waals surface area contributed by atoms with E-state index in [1.54, 1.807) is 0 Å². The molecular weight excluding hydrogens is 162 g/mol. The molecule has 1 saturated heterocycles. The molecule has 1 aliphatic heterocycles. The molecule has 1 fully saturated rings. The molecule has 0 amide bonds. The Labute approximate surface area is 82.0 Å². The van der Waals surface area contributed by atoms with Crippen molar-refractivity contribution in [3.05, 3.63) is 0 Å². The quantitative estimate of drug-likeness (QED) is 0.678. The summed E-state index contributed by atoms with van der Waals surface area (Å²) in [7, 11) is 0. The van der Waals surface area contributed by atoms with Crippen molar-refractivity contribution >= 4 is 0 Å². The Morgan fingerprint density at radius 2 is 2.15 bits per heavy atom. The second kappa shape index (κ2) is 4.97. The van der Waals surface area contributed by atoms with Gasteiger partial charge in [-0.25, -0.2) is 0 Å². The summed E-state index contributed by atoms with van der Waals surface area (Å²) in [4.78, 5) is 0. The molecular formula is C11H23NO. The fourth-order valence-corrected chi connectivity index (χ4v) is 1.71. The standard InChI is InChI=1S/C11H23NO/c1-11(2,3)13-8-4-5-10-6-7-12-9-10/h10,12H,4-9H2,1-3H3. The van der Waals surface area contributed by atoms with Gasteiger partial charge in [0.05, 0.1) is 5.60 Å². The molecule has 0 saturated carbocycles. The molecule has 0 spiro atoms. The molecule has 1 atom stereocenters. The van der Waals surface area contributed by atoms with Crippen molar-refractivity contribution in [1.82, 2.24) is 5.32 Å². The first-order valence-corrected chi connectivity index (χ1v) is 5.42. The normalized spacial score (nSPS) is 23.8. The first-order valence-electron chi connectivity index (χ1n) is 5.42. The van der Waals surface area contributed by atoms with Crippen molar-refractivity contribution in [1.29, 1.82) is 0 Å². The highest BCUT2D eigenvalue weighted by Crippen LogP contribution is 2.15. The molecule has 0 aromatic carbocycles. The van der Waals surface area contributed by atoms with Crippen LogP contribution in [0, 0.1) is 5.92 Å². The topological polar surface area (TPSA) is 21.3 Å². The first-order chi connectivity index (χ1) is 6.08. The van der Waals surface area contributed by atoms with Crippen molar-refractivity contribution in [2.24, 2.45) is 5.92 Å². The van der Waals surface area contributed by atoms with Gasteiger partial charge in [0.2, 0.25) is 0 Å². The zero-order chi connectivity index (χ0) is 9.73. The Hall–Kier alpha value is -0.0800. The van der Waals surface area contributed by atoms with Crippen molar-refractivity contribution < 1.29 is 4.74 Å². The van der Waals surface area contributed by atoms with E-state index in [0.717, 1.165) is 12.5 Å². The highest BCUT2D eigenvalue weighted by Gasteiger charge is 2.14. The average Bonchev–Trinajstić information content (AvgIpc) is 2.48. The summed E-state index contributed by atoms with van der Waals surface area (Å²) in [5.41, 5.74) is 0.0356. The van der Waals surface area contributed by atoms with E-state index in [1.807, 2.05) is 0 Å². The highest BCUT2D eigenvalue weighted by molar-refractivity contribution is 4.70. The van der Waals surface area contributed by atoms with Crippen LogP contribution < -0.4 is 5.32 Å². The summed E-state index contributed by atoms with van der Waals surface area (Å²) in [6.45, 7) is 9.69. The maximum absolute atomic E-state index is 5.67. The molecule has 78 valence electrons. The van der Waals surface area contributed by atoms with E-state index in [0.29, 0.717) is 0 Å². The van der Waals surface area contributed by atoms with Crippen LogP contribution in [0.25, 0.3) is 0 Å². The molecule has 13 heavy (non-hydrogen) atoms. The largest absolute Gasteiger partial charge is 0.376 e. The van der Waals surface area contributed by atoms with Gasteiger partial charge in [0.15, 0.2) is 0 Å². The van der Waals surface area contributed by atoms with Crippen molar-refractivity contribution in [2.45, 2.75) is 45.6 Å². The van der Waals surface area contributed by atoms with Gasteiger partial charge < -0.3 is 10.1 Å². The summed E-state index contributed by atoms with van der Waals surface area (Å²) in [6, 6.07) is 0. The average molecular weight is 185 g/mol. The van der Waals surface area contributed by atoms with Gasteiger partial charge in [-0.2, -0.15) is 0 Å². The van der Waals surface area contributed by atoms with Crippen molar-refractivity contribution in [3.63, 3.8) is 0 Å². The van der Waals surface area contributed by atoms with Crippen molar-refractivity contribution in [3.8, 4) is 0 Å². The van der Waals surface area contributed by atoms with E-state index in [1.165, 1.54) is 32.4 Å². The third-order valence-corrected chi connectivity index (χ3v) is 2.45. The predicted octanol–water partition coefficient (Wildman–Crippen LogP) is 2.19. The first kappa shape index (κ1) is 11.0. The van der Waals surface area contributed by atoms with Crippen LogP contribution >= 0.6 is 0 Å². The Kier molecular flexibility index (Phi) is 4.20. The molecule has 0 aromatic rings. The summed E-state index contributed by atoms with van der Waals surface area (Å²) in [5, 5.41) is 3.39. The summed E-state index contributed by atoms with van der Waals surface area (Å²) in [6.07, 6.45) is 3.89. The number of hydrogen-bond donors (Lipinski definition) is 1. The Morgan fingerprint density at radius 1 is 1.38 bits per heavy atom. The lowest BCUT2D eigenvalue weighted by atomic mass is 10.0. The van der Waals surface area contributed by atoms with Gasteiger partial charge in [0.25, 0.3) is 0 Å². The van der Waals surface area contributed by atoms with Crippen LogP contribution in [-0.4, -0.2) is 25.3 Å². The number of rotatable bonds is 4. The lowest BCUT2D eigenvalue weighted by Gasteiger charge is -2.19. The smallest absolute Gasteiger partial charge is 0.0598 e. The minimum Gasteiger partial charge on any atom is -0.376 e. The minimum atomic E-state index is 0.0356. The summed E-state index contributed by atoms with van der Waals surface area (Å²) < 4.78 is 5.67.